The summed E-state index contributed by atoms with van der Waals surface area (Å²) in [5, 5.41) is 0. The van der Waals surface area contributed by atoms with Gasteiger partial charge in [-0.15, -0.1) is 6.58 Å². The highest BCUT2D eigenvalue weighted by atomic mass is 19.2. The zero-order valence-electron chi connectivity index (χ0n) is 18.8. The predicted octanol–water partition coefficient (Wildman–Crippen LogP) is 7.84. The minimum Gasteiger partial charge on any atom is -0.490 e. The van der Waals surface area contributed by atoms with Crippen molar-refractivity contribution in [1.82, 2.24) is 9.97 Å². The van der Waals surface area contributed by atoms with Gasteiger partial charge in [-0.2, -0.15) is 4.39 Å². The van der Waals surface area contributed by atoms with Crippen molar-refractivity contribution in [3.63, 3.8) is 0 Å². The lowest BCUT2D eigenvalue weighted by atomic mass is 10.1. The van der Waals surface area contributed by atoms with Gasteiger partial charge in [0.1, 0.15) is 0 Å². The number of aromatic nitrogens is 2. The highest BCUT2D eigenvalue weighted by Gasteiger charge is 2.17. The van der Waals surface area contributed by atoms with E-state index < -0.39 is 11.6 Å². The Morgan fingerprint density at radius 1 is 0.871 bits per heavy atom. The van der Waals surface area contributed by atoms with Crippen molar-refractivity contribution >= 4 is 0 Å². The summed E-state index contributed by atoms with van der Waals surface area (Å²) in [6, 6.07) is 2.94. The monoisotopic (exact) mass is 430 g/mol. The Labute approximate surface area is 186 Å². The normalized spacial score (nSPS) is 10.9. The molecule has 0 bridgehead atoms. The molecule has 0 aliphatic rings. The molecule has 0 aliphatic heterocycles. The quantitative estimate of drug-likeness (QED) is 0.201. The van der Waals surface area contributed by atoms with Crippen LogP contribution in [0.3, 0.4) is 0 Å². The lowest BCUT2D eigenvalue weighted by molar-refractivity contribution is 0.285. The Kier molecular flexibility index (Phi) is 11.8. The maximum Gasteiger partial charge on any atom is 0.201 e. The molecule has 1 aromatic carbocycles. The number of ether oxygens (including phenoxy) is 1. The lowest BCUT2D eigenvalue weighted by Crippen LogP contribution is -2.03. The summed E-state index contributed by atoms with van der Waals surface area (Å²) >= 11 is 0. The van der Waals surface area contributed by atoms with Gasteiger partial charge < -0.3 is 4.74 Å². The molecule has 0 N–H and O–H groups in total. The van der Waals surface area contributed by atoms with Gasteiger partial charge in [-0.05, 0) is 49.8 Å². The molecule has 31 heavy (non-hydrogen) atoms. The van der Waals surface area contributed by atoms with Crippen LogP contribution in [-0.2, 0) is 6.42 Å². The number of hydrogen-bond acceptors (Lipinski definition) is 3. The number of aryl methyl sites for hydroxylation is 1. The fourth-order valence-electron chi connectivity index (χ4n) is 3.47. The van der Waals surface area contributed by atoms with Crippen LogP contribution >= 0.6 is 0 Å². The zero-order chi connectivity index (χ0) is 22.3. The summed E-state index contributed by atoms with van der Waals surface area (Å²) < 4.78 is 34.4. The first kappa shape index (κ1) is 25.0. The van der Waals surface area contributed by atoms with Crippen LogP contribution in [0, 0.1) is 11.6 Å². The van der Waals surface area contributed by atoms with Crippen molar-refractivity contribution in [3.05, 3.63) is 54.4 Å². The van der Waals surface area contributed by atoms with E-state index in [0.717, 1.165) is 50.5 Å². The number of unbranched alkanes of at least 4 members (excludes halogenated alkanes) is 9. The molecule has 0 saturated heterocycles. The second kappa shape index (κ2) is 14.7. The SMILES string of the molecule is C=CCCCCCCOc1ccc(-c2ncc(CCCCCCCC)cn2)c(F)c1F. The summed E-state index contributed by atoms with van der Waals surface area (Å²) in [6.07, 6.45) is 18.6. The Bertz CT molecular complexity index is 778. The van der Waals surface area contributed by atoms with Gasteiger partial charge in [-0.25, -0.2) is 14.4 Å². The molecule has 0 unspecified atom stereocenters. The van der Waals surface area contributed by atoms with Gasteiger partial charge in [0.15, 0.2) is 17.4 Å². The molecular formula is C26H36F2N2O. The average Bonchev–Trinajstić information content (AvgIpc) is 2.79. The molecule has 1 aromatic heterocycles. The molecule has 1 heterocycles. The van der Waals surface area contributed by atoms with E-state index in [2.05, 4.69) is 23.5 Å². The molecule has 0 fully saturated rings. The lowest BCUT2D eigenvalue weighted by Gasteiger charge is -2.10. The number of benzene rings is 1. The standard InChI is InChI=1S/C26H36F2N2O/c1-3-5-7-9-11-13-15-21-19-29-26(30-20-21)22-16-17-23(25(28)24(22)27)31-18-14-12-10-8-6-4-2/h4,16-17,19-20H,2-3,5-15,18H2,1H3. The Morgan fingerprint density at radius 3 is 2.29 bits per heavy atom. The summed E-state index contributed by atoms with van der Waals surface area (Å²) in [5.74, 6) is -1.82. The second-order valence-electron chi connectivity index (χ2n) is 8.01. The molecule has 0 aliphatic carbocycles. The molecule has 0 spiro atoms. The van der Waals surface area contributed by atoms with E-state index in [-0.39, 0.29) is 17.1 Å². The third-order valence-corrected chi connectivity index (χ3v) is 5.37. The van der Waals surface area contributed by atoms with E-state index in [1.807, 2.05) is 6.08 Å². The smallest absolute Gasteiger partial charge is 0.201 e. The number of nitrogens with zero attached hydrogens (tertiary/aromatic N) is 2. The first-order valence-electron chi connectivity index (χ1n) is 11.7. The highest BCUT2D eigenvalue weighted by molar-refractivity contribution is 5.57. The summed E-state index contributed by atoms with van der Waals surface area (Å²) in [7, 11) is 0. The molecule has 5 heteroatoms. The molecule has 170 valence electrons. The number of halogens is 2. The Morgan fingerprint density at radius 2 is 1.55 bits per heavy atom. The van der Waals surface area contributed by atoms with Gasteiger partial charge in [-0.3, -0.25) is 0 Å². The van der Waals surface area contributed by atoms with Crippen molar-refractivity contribution in [3.8, 4) is 17.1 Å². The van der Waals surface area contributed by atoms with E-state index in [0.29, 0.717) is 6.61 Å². The van der Waals surface area contributed by atoms with Gasteiger partial charge in [0.25, 0.3) is 0 Å². The molecule has 2 rings (SSSR count). The largest absolute Gasteiger partial charge is 0.490 e. The minimum atomic E-state index is -0.982. The van der Waals surface area contributed by atoms with Gasteiger partial charge in [0.2, 0.25) is 5.82 Å². The zero-order valence-corrected chi connectivity index (χ0v) is 18.8. The number of allylic oxidation sites excluding steroid dienone is 1. The maximum absolute atomic E-state index is 14.6. The fourth-order valence-corrected chi connectivity index (χ4v) is 3.47. The van der Waals surface area contributed by atoms with Crippen LogP contribution in [0.15, 0.2) is 37.2 Å². The van der Waals surface area contributed by atoms with Crippen LogP contribution in [0.2, 0.25) is 0 Å². The van der Waals surface area contributed by atoms with E-state index in [1.54, 1.807) is 12.4 Å². The molecule has 0 saturated carbocycles. The van der Waals surface area contributed by atoms with E-state index in [4.69, 9.17) is 4.74 Å². The van der Waals surface area contributed by atoms with Crippen molar-refractivity contribution in [2.24, 2.45) is 0 Å². The predicted molar refractivity (Wildman–Crippen MR) is 123 cm³/mol. The Hall–Kier alpha value is -2.30. The highest BCUT2D eigenvalue weighted by Crippen LogP contribution is 2.28. The van der Waals surface area contributed by atoms with Crippen LogP contribution in [0.5, 0.6) is 5.75 Å². The second-order valence-corrected chi connectivity index (χ2v) is 8.01. The minimum absolute atomic E-state index is 0.0559. The number of hydrogen-bond donors (Lipinski definition) is 0. The first-order chi connectivity index (χ1) is 15.2. The molecule has 0 radical (unpaired) electrons. The van der Waals surface area contributed by atoms with Gasteiger partial charge in [0, 0.05) is 12.4 Å². The molecule has 0 amide bonds. The van der Waals surface area contributed by atoms with Gasteiger partial charge >= 0.3 is 0 Å². The molecule has 2 aromatic rings. The van der Waals surface area contributed by atoms with Crippen LogP contribution in [0.25, 0.3) is 11.4 Å². The summed E-state index contributed by atoms with van der Waals surface area (Å²) in [6.45, 7) is 6.28. The van der Waals surface area contributed by atoms with Crippen molar-refractivity contribution in [2.75, 3.05) is 6.61 Å². The van der Waals surface area contributed by atoms with Crippen LogP contribution < -0.4 is 4.74 Å². The Balaban J connectivity index is 1.84. The summed E-state index contributed by atoms with van der Waals surface area (Å²) in [4.78, 5) is 8.51. The van der Waals surface area contributed by atoms with E-state index in [1.165, 1.54) is 44.2 Å². The fraction of sp³-hybridized carbons (Fsp3) is 0.538. The average molecular weight is 431 g/mol. The van der Waals surface area contributed by atoms with E-state index >= 15 is 0 Å². The molecular weight excluding hydrogens is 394 g/mol. The van der Waals surface area contributed by atoms with Crippen LogP contribution in [0.4, 0.5) is 8.78 Å². The van der Waals surface area contributed by atoms with Gasteiger partial charge in [-0.1, -0.05) is 57.9 Å². The van der Waals surface area contributed by atoms with Crippen molar-refractivity contribution in [2.45, 2.75) is 84.0 Å². The molecule has 3 nitrogen and oxygen atoms in total. The van der Waals surface area contributed by atoms with Crippen molar-refractivity contribution < 1.29 is 13.5 Å². The first-order valence-corrected chi connectivity index (χ1v) is 11.7. The maximum atomic E-state index is 14.6. The van der Waals surface area contributed by atoms with Gasteiger partial charge in [0.05, 0.1) is 12.2 Å². The molecule has 0 atom stereocenters. The van der Waals surface area contributed by atoms with Crippen LogP contribution in [0.1, 0.15) is 83.1 Å². The van der Waals surface area contributed by atoms with E-state index in [9.17, 15) is 8.78 Å². The van der Waals surface area contributed by atoms with Crippen LogP contribution in [-0.4, -0.2) is 16.6 Å². The third-order valence-electron chi connectivity index (χ3n) is 5.37. The summed E-state index contributed by atoms with van der Waals surface area (Å²) in [5.41, 5.74) is 1.08. The third kappa shape index (κ3) is 8.76. The van der Waals surface area contributed by atoms with Crippen molar-refractivity contribution in [1.29, 1.82) is 0 Å². The number of rotatable bonds is 16. The topological polar surface area (TPSA) is 35.0 Å².